The van der Waals surface area contributed by atoms with Crippen molar-refractivity contribution in [3.05, 3.63) is 71.0 Å². The van der Waals surface area contributed by atoms with Crippen molar-refractivity contribution in [2.45, 2.75) is 74.4 Å². The Labute approximate surface area is 207 Å². The minimum atomic E-state index is -2.89. The third-order valence-electron chi connectivity index (χ3n) is 6.80. The highest BCUT2D eigenvalue weighted by atomic mass is 32.2. The van der Waals surface area contributed by atoms with Crippen LogP contribution in [0.25, 0.3) is 0 Å². The smallest absolute Gasteiger partial charge is 0.387 e. The van der Waals surface area contributed by atoms with Crippen LogP contribution in [0, 0.1) is 0 Å². The monoisotopic (exact) mass is 498 g/mol. The molecule has 2 heterocycles. The van der Waals surface area contributed by atoms with E-state index in [9.17, 15) is 13.6 Å². The van der Waals surface area contributed by atoms with Crippen LogP contribution in [0.4, 0.5) is 8.78 Å². The molecule has 3 aromatic rings. The molecular formula is C26H28F2N4O2S. The number of halogens is 2. The van der Waals surface area contributed by atoms with Crippen molar-refractivity contribution >= 4 is 17.5 Å². The van der Waals surface area contributed by atoms with E-state index in [2.05, 4.69) is 27.3 Å². The van der Waals surface area contributed by atoms with Gasteiger partial charge < -0.3 is 10.2 Å². The predicted molar refractivity (Wildman–Crippen MR) is 131 cm³/mol. The van der Waals surface area contributed by atoms with E-state index < -0.39 is 17.9 Å². The summed E-state index contributed by atoms with van der Waals surface area (Å²) in [6, 6.07) is 13.8. The molecule has 1 fully saturated rings. The van der Waals surface area contributed by atoms with Crippen molar-refractivity contribution in [3.63, 3.8) is 0 Å². The molecule has 184 valence electrons. The number of fused-ring (bicyclic) bond motifs is 1. The van der Waals surface area contributed by atoms with E-state index in [1.54, 1.807) is 12.1 Å². The summed E-state index contributed by atoms with van der Waals surface area (Å²) in [6.45, 7) is -0.811. The Morgan fingerprint density at radius 2 is 1.80 bits per heavy atom. The molecule has 1 aliphatic heterocycles. The van der Waals surface area contributed by atoms with Gasteiger partial charge in [-0.2, -0.15) is 8.78 Å². The first-order chi connectivity index (χ1) is 17.0. The summed E-state index contributed by atoms with van der Waals surface area (Å²) in [5.41, 5.74) is 6.10. The number of carbonyl (C=O) groups is 1. The number of rotatable bonds is 7. The van der Waals surface area contributed by atoms with Gasteiger partial charge in [0.2, 0.25) is 5.16 Å². The van der Waals surface area contributed by atoms with Crippen molar-refractivity contribution in [2.24, 2.45) is 0 Å². The van der Waals surface area contributed by atoms with E-state index in [1.165, 1.54) is 48.7 Å². The number of aromatic nitrogens is 3. The molecule has 0 amide bonds. The molecule has 1 N–H and O–H groups in total. The van der Waals surface area contributed by atoms with Crippen molar-refractivity contribution in [1.29, 1.82) is 0 Å². The number of nitrogens with one attached hydrogen (secondary N) is 1. The third-order valence-corrected chi connectivity index (χ3v) is 8.02. The van der Waals surface area contributed by atoms with Gasteiger partial charge in [0, 0.05) is 11.5 Å². The highest BCUT2D eigenvalue weighted by molar-refractivity contribution is 8.00. The molecule has 2 aliphatic rings. The van der Waals surface area contributed by atoms with Crippen LogP contribution >= 0.6 is 11.8 Å². The van der Waals surface area contributed by atoms with E-state index in [0.29, 0.717) is 16.6 Å². The average molecular weight is 499 g/mol. The molecule has 6 nitrogen and oxygen atoms in total. The Hall–Kier alpha value is -2.94. The van der Waals surface area contributed by atoms with Crippen molar-refractivity contribution in [1.82, 2.24) is 14.9 Å². The molecular weight excluding hydrogens is 470 g/mol. The molecule has 1 aliphatic carbocycles. The predicted octanol–water partition coefficient (Wildman–Crippen LogP) is 6.13. The third kappa shape index (κ3) is 5.05. The van der Waals surface area contributed by atoms with Crippen LogP contribution in [0.3, 0.4) is 0 Å². The first-order valence-electron chi connectivity index (χ1n) is 12.1. The maximum absolute atomic E-state index is 13.7. The lowest BCUT2D eigenvalue weighted by molar-refractivity contribution is -0.0498. The lowest BCUT2D eigenvalue weighted by Crippen LogP contribution is -2.39. The second-order valence-corrected chi connectivity index (χ2v) is 10.1. The Kier molecular flexibility index (Phi) is 7.04. The van der Waals surface area contributed by atoms with Crippen LogP contribution in [0.2, 0.25) is 0 Å². The fourth-order valence-electron chi connectivity index (χ4n) is 4.87. The minimum Gasteiger partial charge on any atom is -0.435 e. The molecule has 2 aromatic carbocycles. The molecule has 1 saturated carbocycles. The van der Waals surface area contributed by atoms with Crippen LogP contribution in [-0.2, 0) is 6.42 Å². The van der Waals surface area contributed by atoms with E-state index in [4.69, 9.17) is 0 Å². The summed E-state index contributed by atoms with van der Waals surface area (Å²) >= 11 is 1.40. The maximum atomic E-state index is 13.7. The Bertz CT molecular complexity index is 1160. The standard InChI is InChI=1S/C26H28F2N4O2S/c1-2-16-8-10-18(11-9-16)22(33)23-21(17-12-14-20(15-13-17)34-25(27)28)31-32-24(29-30-26(32)35-23)19-6-4-3-5-7-19/h8-15,19,21,23,25,31H,2-7H2,1H3. The van der Waals surface area contributed by atoms with Gasteiger partial charge in [0.05, 0.1) is 6.04 Å². The van der Waals surface area contributed by atoms with Gasteiger partial charge in [-0.05, 0) is 42.5 Å². The van der Waals surface area contributed by atoms with E-state index in [1.807, 2.05) is 28.9 Å². The average Bonchev–Trinajstić information content (AvgIpc) is 3.31. The van der Waals surface area contributed by atoms with Gasteiger partial charge in [0.1, 0.15) is 11.0 Å². The molecule has 2 unspecified atom stereocenters. The minimum absolute atomic E-state index is 0.0171. The fourth-order valence-corrected chi connectivity index (χ4v) is 6.04. The number of aryl methyl sites for hydroxylation is 1. The first-order valence-corrected chi connectivity index (χ1v) is 13.0. The molecule has 0 saturated heterocycles. The SMILES string of the molecule is CCc1ccc(C(=O)C2Sc3nnc(C4CCCCC4)n3NC2c2ccc(OC(F)F)cc2)cc1. The fraction of sp³-hybridized carbons (Fsp3) is 0.423. The van der Waals surface area contributed by atoms with Gasteiger partial charge >= 0.3 is 6.61 Å². The number of alkyl halides is 2. The number of benzene rings is 2. The lowest BCUT2D eigenvalue weighted by Gasteiger charge is -2.34. The zero-order valence-electron chi connectivity index (χ0n) is 19.5. The normalized spacial score (nSPS) is 20.3. The van der Waals surface area contributed by atoms with Gasteiger partial charge in [-0.1, -0.05) is 74.3 Å². The molecule has 0 spiro atoms. The number of Topliss-reactive ketones (excluding diaryl/α,β-unsaturated/α-hetero) is 1. The molecule has 5 rings (SSSR count). The van der Waals surface area contributed by atoms with Gasteiger partial charge in [0.25, 0.3) is 0 Å². The van der Waals surface area contributed by atoms with Gasteiger partial charge in [-0.3, -0.25) is 4.79 Å². The summed E-state index contributed by atoms with van der Waals surface area (Å²) in [5, 5.41) is 9.09. The summed E-state index contributed by atoms with van der Waals surface area (Å²) in [4.78, 5) is 13.7. The second-order valence-electron chi connectivity index (χ2n) is 9.02. The van der Waals surface area contributed by atoms with Gasteiger partial charge in [-0.25, -0.2) is 4.68 Å². The van der Waals surface area contributed by atoms with Gasteiger partial charge in [-0.15, -0.1) is 10.2 Å². The zero-order valence-corrected chi connectivity index (χ0v) is 20.3. The topological polar surface area (TPSA) is 69.0 Å². The summed E-state index contributed by atoms with van der Waals surface area (Å²) < 4.78 is 31.7. The Balaban J connectivity index is 1.48. The van der Waals surface area contributed by atoms with E-state index >= 15 is 0 Å². The number of nitrogens with zero attached hydrogens (tertiary/aromatic N) is 3. The lowest BCUT2D eigenvalue weighted by atomic mass is 9.89. The first kappa shape index (κ1) is 23.8. The molecule has 0 radical (unpaired) electrons. The number of ether oxygens (including phenoxy) is 1. The highest BCUT2D eigenvalue weighted by Crippen LogP contribution is 2.41. The number of hydrogen-bond donors (Lipinski definition) is 1. The highest BCUT2D eigenvalue weighted by Gasteiger charge is 2.39. The van der Waals surface area contributed by atoms with Crippen molar-refractivity contribution < 1.29 is 18.3 Å². The number of thioether (sulfide) groups is 1. The number of ketones is 1. The summed E-state index contributed by atoms with van der Waals surface area (Å²) in [7, 11) is 0. The zero-order chi connectivity index (χ0) is 24.4. The van der Waals surface area contributed by atoms with Crippen LogP contribution in [0.15, 0.2) is 53.7 Å². The molecule has 2 atom stereocenters. The van der Waals surface area contributed by atoms with Crippen LogP contribution < -0.4 is 10.2 Å². The molecule has 9 heteroatoms. The maximum Gasteiger partial charge on any atom is 0.387 e. The van der Waals surface area contributed by atoms with E-state index in [-0.39, 0.29) is 11.5 Å². The molecule has 1 aromatic heterocycles. The van der Waals surface area contributed by atoms with Crippen LogP contribution in [0.1, 0.15) is 78.3 Å². The number of carbonyl (C=O) groups excluding carboxylic acids is 1. The van der Waals surface area contributed by atoms with Crippen molar-refractivity contribution in [3.8, 4) is 5.75 Å². The summed E-state index contributed by atoms with van der Waals surface area (Å²) in [5.74, 6) is 1.29. The van der Waals surface area contributed by atoms with Gasteiger partial charge in [0.15, 0.2) is 11.6 Å². The Morgan fingerprint density at radius 1 is 1.09 bits per heavy atom. The molecule has 0 bridgehead atoms. The van der Waals surface area contributed by atoms with Crippen LogP contribution in [0.5, 0.6) is 5.75 Å². The Morgan fingerprint density at radius 3 is 2.46 bits per heavy atom. The summed E-state index contributed by atoms with van der Waals surface area (Å²) in [6.07, 6.45) is 6.62. The molecule has 35 heavy (non-hydrogen) atoms. The number of hydrogen-bond acceptors (Lipinski definition) is 6. The quantitative estimate of drug-likeness (QED) is 0.395. The largest absolute Gasteiger partial charge is 0.435 e. The van der Waals surface area contributed by atoms with Crippen molar-refractivity contribution in [2.75, 3.05) is 5.43 Å². The second kappa shape index (κ2) is 10.4. The van der Waals surface area contributed by atoms with Crippen LogP contribution in [-0.4, -0.2) is 32.5 Å². The van der Waals surface area contributed by atoms with E-state index in [0.717, 1.165) is 30.7 Å².